The number of hydrogen-bond donors (Lipinski definition) is 3. The van der Waals surface area contributed by atoms with Crippen molar-refractivity contribution in [3.05, 3.63) is 0 Å². The number of aliphatic imine (C=N–C) groups is 1. The van der Waals surface area contributed by atoms with Gasteiger partial charge < -0.3 is 5.32 Å². The highest BCUT2D eigenvalue weighted by Gasteiger charge is 1.98. The van der Waals surface area contributed by atoms with Gasteiger partial charge in [0.1, 0.15) is 0 Å². The van der Waals surface area contributed by atoms with Crippen LogP contribution in [-0.4, -0.2) is 30.6 Å². The average molecular weight is 218 g/mol. The maximum Gasteiger partial charge on any atom is 0.205 e. The lowest BCUT2D eigenvalue weighted by Crippen LogP contribution is -2.42. The van der Waals surface area contributed by atoms with E-state index in [1.807, 2.05) is 0 Å². The Morgan fingerprint density at radius 3 is 2.79 bits per heavy atom. The van der Waals surface area contributed by atoms with Crippen molar-refractivity contribution >= 4 is 17.7 Å². The van der Waals surface area contributed by atoms with Crippen molar-refractivity contribution in [2.24, 2.45) is 10.8 Å². The smallest absolute Gasteiger partial charge is 0.205 e. The summed E-state index contributed by atoms with van der Waals surface area (Å²) in [7, 11) is 0. The van der Waals surface area contributed by atoms with Gasteiger partial charge in [-0.15, -0.1) is 0 Å². The summed E-state index contributed by atoms with van der Waals surface area (Å²) in [5.41, 5.74) is 2.57. The summed E-state index contributed by atoms with van der Waals surface area (Å²) in [6, 6.07) is 0. The standard InChI is InChI=1S/C9H22N4S/c1-4-5-6-11-9(13-10)12-7-8(2)14-3/h8H,4-7,10H2,1-3H3,(H2,11,12,13). The second kappa shape index (κ2) is 9.15. The molecule has 0 aliphatic carbocycles. The molecule has 4 N–H and O–H groups in total. The van der Waals surface area contributed by atoms with Crippen molar-refractivity contribution in [3.8, 4) is 0 Å². The van der Waals surface area contributed by atoms with E-state index in [1.54, 1.807) is 11.8 Å². The molecule has 0 fully saturated rings. The minimum Gasteiger partial charge on any atom is -0.355 e. The van der Waals surface area contributed by atoms with Crippen LogP contribution in [-0.2, 0) is 0 Å². The number of unbranched alkanes of at least 4 members (excludes halogenated alkanes) is 1. The molecule has 0 saturated carbocycles. The molecule has 0 saturated heterocycles. The van der Waals surface area contributed by atoms with E-state index < -0.39 is 0 Å². The molecule has 1 unspecified atom stereocenters. The van der Waals surface area contributed by atoms with E-state index in [0.717, 1.165) is 19.5 Å². The van der Waals surface area contributed by atoms with Crippen LogP contribution in [0.25, 0.3) is 0 Å². The van der Waals surface area contributed by atoms with E-state index in [0.29, 0.717) is 11.2 Å². The van der Waals surface area contributed by atoms with E-state index in [2.05, 4.69) is 35.8 Å². The van der Waals surface area contributed by atoms with Gasteiger partial charge in [0.05, 0.1) is 6.54 Å². The minimum absolute atomic E-state index is 0.534. The number of thioether (sulfide) groups is 1. The largest absolute Gasteiger partial charge is 0.355 e. The van der Waals surface area contributed by atoms with Crippen molar-refractivity contribution in [1.29, 1.82) is 0 Å². The third-order valence-corrected chi connectivity index (χ3v) is 2.82. The summed E-state index contributed by atoms with van der Waals surface area (Å²) < 4.78 is 0. The average Bonchev–Trinajstić information content (AvgIpc) is 2.22. The predicted octanol–water partition coefficient (Wildman–Crippen LogP) is 0.947. The summed E-state index contributed by atoms with van der Waals surface area (Å²) >= 11 is 1.80. The van der Waals surface area contributed by atoms with Crippen molar-refractivity contribution < 1.29 is 0 Å². The highest BCUT2D eigenvalue weighted by Crippen LogP contribution is 2.04. The van der Waals surface area contributed by atoms with E-state index >= 15 is 0 Å². The quantitative estimate of drug-likeness (QED) is 0.204. The lowest BCUT2D eigenvalue weighted by molar-refractivity contribution is 0.731. The van der Waals surface area contributed by atoms with E-state index in [-0.39, 0.29) is 0 Å². The van der Waals surface area contributed by atoms with Crippen LogP contribution in [0, 0.1) is 0 Å². The Kier molecular flexibility index (Phi) is 8.87. The Morgan fingerprint density at radius 2 is 2.29 bits per heavy atom. The Bertz CT molecular complexity index is 161. The van der Waals surface area contributed by atoms with E-state index in [1.165, 1.54) is 6.42 Å². The summed E-state index contributed by atoms with van der Waals surface area (Å²) in [5.74, 6) is 6.03. The van der Waals surface area contributed by atoms with Crippen LogP contribution in [0.3, 0.4) is 0 Å². The first-order chi connectivity index (χ1) is 6.74. The number of rotatable bonds is 6. The Morgan fingerprint density at radius 1 is 1.57 bits per heavy atom. The first kappa shape index (κ1) is 13.6. The molecule has 0 rings (SSSR count). The maximum absolute atomic E-state index is 5.33. The Labute approximate surface area is 91.1 Å². The van der Waals surface area contributed by atoms with Crippen LogP contribution in [0.4, 0.5) is 0 Å². The minimum atomic E-state index is 0.534. The highest BCUT2D eigenvalue weighted by molar-refractivity contribution is 7.99. The van der Waals surface area contributed by atoms with Crippen molar-refractivity contribution in [3.63, 3.8) is 0 Å². The van der Waals surface area contributed by atoms with Crippen LogP contribution < -0.4 is 16.6 Å². The molecule has 4 nitrogen and oxygen atoms in total. The van der Waals surface area contributed by atoms with Crippen LogP contribution in [0.15, 0.2) is 4.99 Å². The Hall–Kier alpha value is -0.420. The molecule has 0 aliphatic rings. The van der Waals surface area contributed by atoms with Gasteiger partial charge in [0.15, 0.2) is 0 Å². The molecule has 0 radical (unpaired) electrons. The topological polar surface area (TPSA) is 62.4 Å². The number of nitrogens with zero attached hydrogens (tertiary/aromatic N) is 1. The second-order valence-electron chi connectivity index (χ2n) is 3.16. The molecule has 0 aromatic rings. The third kappa shape index (κ3) is 7.03. The molecule has 0 spiro atoms. The van der Waals surface area contributed by atoms with Crippen LogP contribution in [0.1, 0.15) is 26.7 Å². The first-order valence-electron chi connectivity index (χ1n) is 5.02. The molecule has 84 valence electrons. The van der Waals surface area contributed by atoms with Gasteiger partial charge in [-0.2, -0.15) is 11.8 Å². The number of nitrogens with two attached hydrogens (primary N) is 1. The summed E-state index contributed by atoms with van der Waals surface area (Å²) in [6.45, 7) is 6.02. The normalized spacial score (nSPS) is 13.9. The van der Waals surface area contributed by atoms with Crippen molar-refractivity contribution in [2.75, 3.05) is 19.3 Å². The van der Waals surface area contributed by atoms with Gasteiger partial charge in [0.25, 0.3) is 0 Å². The zero-order valence-electron chi connectivity index (χ0n) is 9.34. The highest BCUT2D eigenvalue weighted by atomic mass is 32.2. The molecule has 14 heavy (non-hydrogen) atoms. The summed E-state index contributed by atoms with van der Waals surface area (Å²) in [5, 5.41) is 3.69. The molecule has 0 bridgehead atoms. The molecule has 5 heteroatoms. The van der Waals surface area contributed by atoms with Gasteiger partial charge in [0, 0.05) is 11.8 Å². The van der Waals surface area contributed by atoms with Crippen LogP contribution >= 0.6 is 11.8 Å². The number of hydrazine groups is 1. The zero-order valence-corrected chi connectivity index (χ0v) is 10.2. The molecule has 0 aromatic heterocycles. The van der Waals surface area contributed by atoms with Crippen LogP contribution in [0.5, 0.6) is 0 Å². The number of guanidine groups is 1. The molecule has 0 heterocycles. The molecule has 1 atom stereocenters. The fourth-order valence-corrected chi connectivity index (χ4v) is 1.05. The molecule has 0 aromatic carbocycles. The lowest BCUT2D eigenvalue weighted by Gasteiger charge is -2.10. The Balaban J connectivity index is 3.74. The van der Waals surface area contributed by atoms with Crippen molar-refractivity contribution in [1.82, 2.24) is 10.7 Å². The lowest BCUT2D eigenvalue weighted by atomic mass is 10.3. The predicted molar refractivity (Wildman–Crippen MR) is 65.5 cm³/mol. The SMILES string of the molecule is CCCCNC(=NCC(C)SC)NN. The van der Waals surface area contributed by atoms with Gasteiger partial charge in [0.2, 0.25) is 5.96 Å². The van der Waals surface area contributed by atoms with Gasteiger partial charge in [-0.05, 0) is 12.7 Å². The van der Waals surface area contributed by atoms with E-state index in [9.17, 15) is 0 Å². The van der Waals surface area contributed by atoms with Crippen molar-refractivity contribution in [2.45, 2.75) is 31.9 Å². The summed E-state index contributed by atoms with van der Waals surface area (Å²) in [4.78, 5) is 4.33. The molecular weight excluding hydrogens is 196 g/mol. The van der Waals surface area contributed by atoms with E-state index in [4.69, 9.17) is 5.84 Å². The zero-order chi connectivity index (χ0) is 10.8. The molecule has 0 aliphatic heterocycles. The van der Waals surface area contributed by atoms with Gasteiger partial charge in [-0.25, -0.2) is 5.84 Å². The molecular formula is C9H22N4S. The van der Waals surface area contributed by atoms with Gasteiger partial charge in [-0.3, -0.25) is 10.4 Å². The maximum atomic E-state index is 5.33. The number of hydrogen-bond acceptors (Lipinski definition) is 3. The fourth-order valence-electron chi connectivity index (χ4n) is 0.831. The fraction of sp³-hybridized carbons (Fsp3) is 0.889. The third-order valence-electron chi connectivity index (χ3n) is 1.87. The van der Waals surface area contributed by atoms with Gasteiger partial charge >= 0.3 is 0 Å². The molecule has 0 amide bonds. The number of nitrogens with one attached hydrogen (secondary N) is 2. The second-order valence-corrected chi connectivity index (χ2v) is 4.44. The monoisotopic (exact) mass is 218 g/mol. The van der Waals surface area contributed by atoms with Gasteiger partial charge in [-0.1, -0.05) is 20.3 Å². The summed E-state index contributed by atoms with van der Waals surface area (Å²) in [6.07, 6.45) is 4.39. The van der Waals surface area contributed by atoms with Crippen LogP contribution in [0.2, 0.25) is 0 Å². The first-order valence-corrected chi connectivity index (χ1v) is 6.31.